The van der Waals surface area contributed by atoms with Gasteiger partial charge in [-0.1, -0.05) is 35.3 Å². The lowest BCUT2D eigenvalue weighted by Gasteiger charge is -2.09. The molecule has 0 aliphatic rings. The number of nitrogens with zero attached hydrogens (tertiary/aromatic N) is 1. The number of rotatable bonds is 13. The van der Waals surface area contributed by atoms with Gasteiger partial charge in [0.25, 0.3) is 5.91 Å². The topological polar surface area (TPSA) is 97.8 Å². The van der Waals surface area contributed by atoms with Gasteiger partial charge >= 0.3 is 5.97 Å². The zero-order valence-corrected chi connectivity index (χ0v) is 23.2. The number of unbranched alkanes of at least 4 members (excludes halogenated alkanes) is 1. The third kappa shape index (κ3) is 8.09. The number of carboxylic acid groups (broad SMARTS) is 1. The summed E-state index contributed by atoms with van der Waals surface area (Å²) < 4.78 is 26.0. The van der Waals surface area contributed by atoms with Crippen LogP contribution < -0.4 is 5.32 Å². The van der Waals surface area contributed by atoms with Crippen LogP contribution >= 0.6 is 34.5 Å². The van der Waals surface area contributed by atoms with E-state index < -0.39 is 17.7 Å². The number of halogens is 3. The maximum Gasteiger partial charge on any atom is 0.331 e. The molecule has 1 amide bonds. The van der Waals surface area contributed by atoms with Gasteiger partial charge in [0.05, 0.1) is 22.3 Å². The second-order valence-electron chi connectivity index (χ2n) is 8.21. The highest BCUT2D eigenvalue weighted by atomic mass is 35.5. The molecular weight excluding hydrogens is 554 g/mol. The van der Waals surface area contributed by atoms with Crippen LogP contribution in [0.15, 0.2) is 41.3 Å². The van der Waals surface area contributed by atoms with E-state index in [2.05, 4.69) is 10.3 Å². The Morgan fingerprint density at radius 1 is 1.16 bits per heavy atom. The number of aliphatic carboxylic acids is 1. The Balaban J connectivity index is 1.66. The lowest BCUT2D eigenvalue weighted by atomic mass is 10.1. The molecular formula is C27H27Cl2FN2O5S. The number of ether oxygens (including phenoxy) is 2. The van der Waals surface area contributed by atoms with E-state index in [1.165, 1.54) is 25.1 Å². The minimum atomic E-state index is -1.11. The van der Waals surface area contributed by atoms with E-state index in [1.54, 1.807) is 23.6 Å². The van der Waals surface area contributed by atoms with E-state index in [0.29, 0.717) is 42.2 Å². The standard InChI is InChI=1S/C27H27Cl2FN2O5S/c1-3-36-9-4-5-10-37-14-17-7-6-8-19(24(17)30)23-15-38-27(31-23)32-25(33)18-12-21(28)20(22(29)13-18)11-16(2)26(34)35/h6-8,11-13,15H,3-5,9-10,14H2,1-2H3,(H,34,35)(H,31,32,33). The van der Waals surface area contributed by atoms with Crippen LogP contribution in [-0.4, -0.2) is 41.8 Å². The number of amides is 1. The Bertz CT molecular complexity index is 1310. The van der Waals surface area contributed by atoms with Crippen molar-refractivity contribution in [1.29, 1.82) is 0 Å². The van der Waals surface area contributed by atoms with Crippen LogP contribution in [0.2, 0.25) is 10.0 Å². The van der Waals surface area contributed by atoms with Crippen LogP contribution in [0.4, 0.5) is 9.52 Å². The quantitative estimate of drug-likeness (QED) is 0.162. The van der Waals surface area contributed by atoms with Crippen molar-refractivity contribution in [3.8, 4) is 11.3 Å². The summed E-state index contributed by atoms with van der Waals surface area (Å²) in [6, 6.07) is 7.79. The molecule has 0 saturated carbocycles. The molecule has 202 valence electrons. The van der Waals surface area contributed by atoms with E-state index in [9.17, 15) is 9.59 Å². The van der Waals surface area contributed by atoms with Crippen molar-refractivity contribution in [1.82, 2.24) is 4.98 Å². The number of nitrogens with one attached hydrogen (secondary N) is 1. The first-order valence-corrected chi connectivity index (χ1v) is 13.5. The van der Waals surface area contributed by atoms with Crippen LogP contribution in [-0.2, 0) is 20.9 Å². The third-order valence-corrected chi connectivity index (χ3v) is 6.79. The summed E-state index contributed by atoms with van der Waals surface area (Å²) in [5.41, 5.74) is 1.60. The molecule has 0 aliphatic heterocycles. The molecule has 0 saturated heterocycles. The molecule has 3 aromatic rings. The fourth-order valence-electron chi connectivity index (χ4n) is 3.38. The number of benzene rings is 2. The number of carboxylic acids is 1. The second kappa shape index (κ2) is 14.4. The first-order chi connectivity index (χ1) is 18.2. The van der Waals surface area contributed by atoms with Gasteiger partial charge in [-0.3, -0.25) is 10.1 Å². The van der Waals surface area contributed by atoms with Crippen LogP contribution in [0.5, 0.6) is 0 Å². The van der Waals surface area contributed by atoms with Gasteiger partial charge in [0.15, 0.2) is 5.13 Å². The summed E-state index contributed by atoms with van der Waals surface area (Å²) in [5.74, 6) is -2.06. The van der Waals surface area contributed by atoms with E-state index >= 15 is 4.39 Å². The van der Waals surface area contributed by atoms with Crippen molar-refractivity contribution >= 4 is 57.6 Å². The zero-order chi connectivity index (χ0) is 27.7. The average molecular weight is 581 g/mol. The number of carbonyl (C=O) groups is 2. The summed E-state index contributed by atoms with van der Waals surface area (Å²) in [6.45, 7) is 5.37. The smallest absolute Gasteiger partial charge is 0.331 e. The Labute approximate surface area is 234 Å². The number of carbonyl (C=O) groups excluding carboxylic acids is 1. The first kappa shape index (κ1) is 29.7. The van der Waals surface area contributed by atoms with E-state index in [1.807, 2.05) is 6.92 Å². The molecule has 0 unspecified atom stereocenters. The maximum absolute atomic E-state index is 15.1. The monoisotopic (exact) mass is 580 g/mol. The first-order valence-electron chi connectivity index (χ1n) is 11.8. The highest BCUT2D eigenvalue weighted by Crippen LogP contribution is 2.31. The highest BCUT2D eigenvalue weighted by Gasteiger charge is 2.17. The van der Waals surface area contributed by atoms with Crippen LogP contribution in [0.1, 0.15) is 48.2 Å². The SMILES string of the molecule is CCOCCCCOCc1cccc(-c2csc(NC(=O)c3cc(Cl)c(C=C(C)C(=O)O)c(Cl)c3)n2)c1F. The van der Waals surface area contributed by atoms with E-state index in [0.717, 1.165) is 24.2 Å². The molecule has 7 nitrogen and oxygen atoms in total. The van der Waals surface area contributed by atoms with E-state index in [-0.39, 0.29) is 32.9 Å². The number of thiazole rings is 1. The van der Waals surface area contributed by atoms with Crippen molar-refractivity contribution in [3.63, 3.8) is 0 Å². The Kier molecular flexibility index (Phi) is 11.2. The van der Waals surface area contributed by atoms with E-state index in [4.69, 9.17) is 37.8 Å². The molecule has 0 bridgehead atoms. The fourth-order valence-corrected chi connectivity index (χ4v) is 4.68. The van der Waals surface area contributed by atoms with Gasteiger partial charge in [0, 0.05) is 53.0 Å². The number of hydrogen-bond donors (Lipinski definition) is 2. The molecule has 0 fully saturated rings. The minimum absolute atomic E-state index is 0.0432. The molecule has 0 aliphatic carbocycles. The second-order valence-corrected chi connectivity index (χ2v) is 9.89. The molecule has 0 radical (unpaired) electrons. The molecule has 2 N–H and O–H groups in total. The number of hydrogen-bond acceptors (Lipinski definition) is 6. The largest absolute Gasteiger partial charge is 0.478 e. The number of aromatic nitrogens is 1. The Morgan fingerprint density at radius 2 is 1.84 bits per heavy atom. The van der Waals surface area contributed by atoms with Crippen molar-refractivity contribution in [2.24, 2.45) is 0 Å². The molecule has 11 heteroatoms. The Hall–Kier alpha value is -2.82. The van der Waals surface area contributed by atoms with Crippen LogP contribution in [0.3, 0.4) is 0 Å². The predicted octanol–water partition coefficient (Wildman–Crippen LogP) is 7.33. The molecule has 2 aromatic carbocycles. The van der Waals surface area contributed by atoms with Gasteiger partial charge in [-0.2, -0.15) is 0 Å². The van der Waals surface area contributed by atoms with Gasteiger partial charge in [0.2, 0.25) is 0 Å². The average Bonchev–Trinajstić information content (AvgIpc) is 3.34. The van der Waals surface area contributed by atoms with Crippen molar-refractivity contribution in [2.45, 2.75) is 33.3 Å². The molecule has 0 atom stereocenters. The van der Waals surface area contributed by atoms with Gasteiger partial charge in [-0.05, 0) is 51.0 Å². The molecule has 0 spiro atoms. The van der Waals surface area contributed by atoms with Crippen molar-refractivity contribution < 1.29 is 28.6 Å². The molecule has 1 aromatic heterocycles. The lowest BCUT2D eigenvalue weighted by Crippen LogP contribution is -2.12. The third-order valence-electron chi connectivity index (χ3n) is 5.41. The van der Waals surface area contributed by atoms with Gasteiger partial charge in [-0.25, -0.2) is 14.2 Å². The maximum atomic E-state index is 15.1. The zero-order valence-electron chi connectivity index (χ0n) is 20.9. The van der Waals surface area contributed by atoms with Gasteiger partial charge < -0.3 is 14.6 Å². The summed E-state index contributed by atoms with van der Waals surface area (Å²) in [7, 11) is 0. The van der Waals surface area contributed by atoms with Gasteiger partial charge in [0.1, 0.15) is 5.82 Å². The summed E-state index contributed by atoms with van der Waals surface area (Å²) in [5, 5.41) is 13.9. The van der Waals surface area contributed by atoms with Crippen LogP contribution in [0.25, 0.3) is 17.3 Å². The normalized spacial score (nSPS) is 11.6. The highest BCUT2D eigenvalue weighted by molar-refractivity contribution is 7.14. The molecule has 1 heterocycles. The predicted molar refractivity (Wildman–Crippen MR) is 149 cm³/mol. The van der Waals surface area contributed by atoms with Gasteiger partial charge in [-0.15, -0.1) is 11.3 Å². The summed E-state index contributed by atoms with van der Waals surface area (Å²) in [6.07, 6.45) is 3.04. The minimum Gasteiger partial charge on any atom is -0.478 e. The van der Waals surface area contributed by atoms with Crippen LogP contribution in [0, 0.1) is 5.82 Å². The number of anilines is 1. The van der Waals surface area contributed by atoms with Crippen molar-refractivity contribution in [3.05, 3.63) is 73.8 Å². The lowest BCUT2D eigenvalue weighted by molar-refractivity contribution is -0.132. The Morgan fingerprint density at radius 3 is 2.50 bits per heavy atom. The summed E-state index contributed by atoms with van der Waals surface area (Å²) >= 11 is 13.6. The molecule has 38 heavy (non-hydrogen) atoms. The molecule has 3 rings (SSSR count). The fraction of sp³-hybridized carbons (Fsp3) is 0.296. The van der Waals surface area contributed by atoms with Crippen molar-refractivity contribution in [2.75, 3.05) is 25.1 Å². The summed E-state index contributed by atoms with van der Waals surface area (Å²) in [4.78, 5) is 28.2.